The molecule has 1 N–H and O–H groups in total. The summed E-state index contributed by atoms with van der Waals surface area (Å²) in [5.74, 6) is 2.91. The molecule has 2 aromatic rings. The number of aromatic nitrogens is 2. The third-order valence-electron chi connectivity index (χ3n) is 6.02. The molecule has 3 aliphatic rings. The first-order chi connectivity index (χ1) is 14.7. The molecule has 0 spiro atoms. The fourth-order valence-electron chi connectivity index (χ4n) is 4.35. The molecule has 5 rings (SSSR count). The van der Waals surface area contributed by atoms with Gasteiger partial charge in [0.15, 0.2) is 11.5 Å². The quantitative estimate of drug-likeness (QED) is 0.777. The van der Waals surface area contributed by atoms with Gasteiger partial charge in [-0.2, -0.15) is 0 Å². The number of hydrogen-bond donors (Lipinski definition) is 1. The monoisotopic (exact) mass is 409 g/mol. The predicted octanol–water partition coefficient (Wildman–Crippen LogP) is 1.61. The Hall–Kier alpha value is -2.87. The van der Waals surface area contributed by atoms with Gasteiger partial charge >= 0.3 is 0 Å². The Kier molecular flexibility index (Phi) is 5.16. The van der Waals surface area contributed by atoms with E-state index in [9.17, 15) is 4.79 Å². The molecule has 0 atom stereocenters. The molecular weight excluding hydrogens is 382 g/mol. The lowest BCUT2D eigenvalue weighted by molar-refractivity contribution is 0.0940. The molecular formula is C22H27N5O3. The highest BCUT2D eigenvalue weighted by molar-refractivity contribution is 5.96. The lowest BCUT2D eigenvalue weighted by Gasteiger charge is -2.27. The normalized spacial score (nSPS) is 17.7. The number of benzene rings is 1. The zero-order chi connectivity index (χ0) is 20.5. The van der Waals surface area contributed by atoms with Crippen molar-refractivity contribution in [2.24, 2.45) is 0 Å². The summed E-state index contributed by atoms with van der Waals surface area (Å²) in [7, 11) is 2.07. The van der Waals surface area contributed by atoms with Crippen LogP contribution in [0.1, 0.15) is 40.3 Å². The summed E-state index contributed by atoms with van der Waals surface area (Å²) in [6.07, 6.45) is 3.86. The number of ether oxygens (including phenoxy) is 2. The minimum atomic E-state index is -0.111. The number of amides is 1. The van der Waals surface area contributed by atoms with Crippen molar-refractivity contribution in [1.29, 1.82) is 0 Å². The Morgan fingerprint density at radius 1 is 1.17 bits per heavy atom. The van der Waals surface area contributed by atoms with Gasteiger partial charge in [0, 0.05) is 38.7 Å². The molecule has 1 aromatic carbocycles. The topological polar surface area (TPSA) is 79.8 Å². The van der Waals surface area contributed by atoms with Crippen LogP contribution in [0.3, 0.4) is 0 Å². The van der Waals surface area contributed by atoms with Gasteiger partial charge in [-0.25, -0.2) is 9.97 Å². The zero-order valence-electron chi connectivity index (χ0n) is 17.3. The van der Waals surface area contributed by atoms with Crippen LogP contribution in [0.25, 0.3) is 0 Å². The van der Waals surface area contributed by atoms with E-state index in [1.807, 2.05) is 18.2 Å². The van der Waals surface area contributed by atoms with Crippen molar-refractivity contribution < 1.29 is 14.3 Å². The number of fused-ring (bicyclic) bond motifs is 2. The fourth-order valence-corrected chi connectivity index (χ4v) is 4.35. The molecule has 4 heterocycles. The van der Waals surface area contributed by atoms with Crippen molar-refractivity contribution in [3.8, 4) is 11.5 Å². The number of carbonyl (C=O) groups excluding carboxylic acids is 1. The summed E-state index contributed by atoms with van der Waals surface area (Å²) < 4.78 is 10.9. The lowest BCUT2D eigenvalue weighted by Crippen LogP contribution is -2.37. The summed E-state index contributed by atoms with van der Waals surface area (Å²) in [6, 6.07) is 5.86. The first-order valence-corrected chi connectivity index (χ1v) is 10.7. The molecule has 3 aliphatic heterocycles. The average molecular weight is 409 g/mol. The first-order valence-electron chi connectivity index (χ1n) is 10.7. The largest absolute Gasteiger partial charge is 0.454 e. The highest BCUT2D eigenvalue weighted by atomic mass is 16.7. The predicted molar refractivity (Wildman–Crippen MR) is 112 cm³/mol. The number of likely N-dealkylation sites (tertiary alicyclic amines) is 1. The number of nitrogens with one attached hydrogen (secondary N) is 1. The summed E-state index contributed by atoms with van der Waals surface area (Å²) in [4.78, 5) is 26.7. The minimum absolute atomic E-state index is 0.111. The summed E-state index contributed by atoms with van der Waals surface area (Å²) in [5, 5.41) is 2.91. The third-order valence-corrected chi connectivity index (χ3v) is 6.02. The molecule has 0 aliphatic carbocycles. The van der Waals surface area contributed by atoms with E-state index >= 15 is 0 Å². The van der Waals surface area contributed by atoms with Crippen molar-refractivity contribution in [3.63, 3.8) is 0 Å². The van der Waals surface area contributed by atoms with Gasteiger partial charge < -0.3 is 24.6 Å². The van der Waals surface area contributed by atoms with Gasteiger partial charge in [0.05, 0.1) is 0 Å². The minimum Gasteiger partial charge on any atom is -0.454 e. The molecule has 0 bridgehead atoms. The number of anilines is 1. The Labute approximate surface area is 176 Å². The number of nitrogens with zero attached hydrogens (tertiary/aromatic N) is 4. The van der Waals surface area contributed by atoms with Crippen LogP contribution in [0.15, 0.2) is 18.2 Å². The van der Waals surface area contributed by atoms with Gasteiger partial charge in [-0.3, -0.25) is 4.79 Å². The van der Waals surface area contributed by atoms with E-state index in [1.54, 1.807) is 0 Å². The number of hydrogen-bond acceptors (Lipinski definition) is 7. The highest BCUT2D eigenvalue weighted by Gasteiger charge is 2.26. The summed E-state index contributed by atoms with van der Waals surface area (Å²) >= 11 is 0. The van der Waals surface area contributed by atoms with Crippen LogP contribution in [0, 0.1) is 0 Å². The molecule has 1 fully saturated rings. The van der Waals surface area contributed by atoms with Crippen LogP contribution in [0.5, 0.6) is 11.5 Å². The second-order valence-electron chi connectivity index (χ2n) is 8.13. The number of carbonyl (C=O) groups is 1. The number of likely N-dealkylation sites (N-methyl/N-ethyl adjacent to an activating group) is 1. The van der Waals surface area contributed by atoms with E-state index in [-0.39, 0.29) is 12.7 Å². The Bertz CT molecular complexity index is 958. The Balaban J connectivity index is 1.42. The van der Waals surface area contributed by atoms with Crippen molar-refractivity contribution in [2.75, 3.05) is 51.5 Å². The zero-order valence-corrected chi connectivity index (χ0v) is 17.3. The fraction of sp³-hybridized carbons (Fsp3) is 0.500. The van der Waals surface area contributed by atoms with Crippen molar-refractivity contribution in [3.05, 3.63) is 40.8 Å². The molecule has 8 nitrogen and oxygen atoms in total. The van der Waals surface area contributed by atoms with Crippen LogP contribution in [-0.4, -0.2) is 67.3 Å². The maximum atomic E-state index is 12.5. The molecule has 0 unspecified atom stereocenters. The molecule has 1 aromatic heterocycles. The first kappa shape index (κ1) is 19.1. The maximum absolute atomic E-state index is 12.5. The molecule has 30 heavy (non-hydrogen) atoms. The van der Waals surface area contributed by atoms with E-state index in [0.717, 1.165) is 48.0 Å². The van der Waals surface area contributed by atoms with E-state index in [1.165, 1.54) is 25.9 Å². The number of rotatable bonds is 6. The summed E-state index contributed by atoms with van der Waals surface area (Å²) in [6.45, 7) is 5.12. The smallest absolute Gasteiger partial charge is 0.270 e. The molecule has 158 valence electrons. The van der Waals surface area contributed by atoms with Gasteiger partial charge in [0.2, 0.25) is 6.79 Å². The van der Waals surface area contributed by atoms with E-state index < -0.39 is 0 Å². The van der Waals surface area contributed by atoms with Crippen LogP contribution in [-0.2, 0) is 12.8 Å². The van der Waals surface area contributed by atoms with Gasteiger partial charge in [-0.15, -0.1) is 0 Å². The highest BCUT2D eigenvalue weighted by Crippen LogP contribution is 2.33. The molecule has 0 radical (unpaired) electrons. The maximum Gasteiger partial charge on any atom is 0.270 e. The SMILES string of the molecule is CN(CCN1CCCC1)c1nc(Cc2ccc3c(c2)OCO3)nc2c1CCNC2=O. The molecule has 1 amide bonds. The second-order valence-corrected chi connectivity index (χ2v) is 8.13. The van der Waals surface area contributed by atoms with Gasteiger partial charge in [-0.1, -0.05) is 6.07 Å². The Morgan fingerprint density at radius 3 is 2.87 bits per heavy atom. The Morgan fingerprint density at radius 2 is 2.00 bits per heavy atom. The molecule has 0 saturated carbocycles. The van der Waals surface area contributed by atoms with E-state index in [4.69, 9.17) is 14.5 Å². The van der Waals surface area contributed by atoms with Crippen LogP contribution >= 0.6 is 0 Å². The lowest BCUT2D eigenvalue weighted by atomic mass is 10.0. The molecule has 8 heteroatoms. The van der Waals surface area contributed by atoms with Gasteiger partial charge in [-0.05, 0) is 50.0 Å². The second kappa shape index (κ2) is 8.10. The van der Waals surface area contributed by atoms with Gasteiger partial charge in [0.25, 0.3) is 5.91 Å². The van der Waals surface area contributed by atoms with Crippen molar-refractivity contribution >= 4 is 11.7 Å². The van der Waals surface area contributed by atoms with E-state index in [2.05, 4.69) is 27.1 Å². The van der Waals surface area contributed by atoms with Crippen LogP contribution in [0.4, 0.5) is 5.82 Å². The average Bonchev–Trinajstić information content (AvgIpc) is 3.43. The van der Waals surface area contributed by atoms with Crippen molar-refractivity contribution in [1.82, 2.24) is 20.2 Å². The van der Waals surface area contributed by atoms with Gasteiger partial charge in [0.1, 0.15) is 17.3 Å². The van der Waals surface area contributed by atoms with Crippen LogP contribution < -0.4 is 19.7 Å². The standard InChI is InChI=1S/C22H27N5O3/c1-26(10-11-27-8-2-3-9-27)21-16-6-7-23-22(28)20(16)24-19(25-21)13-15-4-5-17-18(12-15)30-14-29-17/h4-5,12H,2-3,6-11,13-14H2,1H3,(H,23,28). The van der Waals surface area contributed by atoms with Crippen molar-refractivity contribution in [2.45, 2.75) is 25.7 Å². The van der Waals surface area contributed by atoms with Crippen LogP contribution in [0.2, 0.25) is 0 Å². The molecule has 1 saturated heterocycles. The third kappa shape index (κ3) is 3.79. The van der Waals surface area contributed by atoms with E-state index in [0.29, 0.717) is 24.5 Å². The summed E-state index contributed by atoms with van der Waals surface area (Å²) in [5.41, 5.74) is 2.49.